The number of para-hydroxylation sites is 2. The van der Waals surface area contributed by atoms with Crippen LogP contribution in [0.25, 0.3) is 11.0 Å². The van der Waals surface area contributed by atoms with Crippen molar-refractivity contribution in [3.05, 3.63) is 30.0 Å². The summed E-state index contributed by atoms with van der Waals surface area (Å²) in [6.07, 6.45) is 6.78. The zero-order valence-corrected chi connectivity index (χ0v) is 19.1. The first-order chi connectivity index (χ1) is 16.1. The van der Waals surface area contributed by atoms with Crippen LogP contribution in [0.3, 0.4) is 0 Å². The Bertz CT molecular complexity index is 1040. The van der Waals surface area contributed by atoms with Crippen molar-refractivity contribution in [1.82, 2.24) is 15.3 Å². The van der Waals surface area contributed by atoms with Gasteiger partial charge in [-0.25, -0.2) is 9.97 Å². The lowest BCUT2D eigenvalue weighted by molar-refractivity contribution is -0.148. The van der Waals surface area contributed by atoms with Crippen molar-refractivity contribution in [2.45, 2.75) is 63.8 Å². The van der Waals surface area contributed by atoms with E-state index in [0.717, 1.165) is 38.5 Å². The number of carbonyl (C=O) groups excluding carboxylic acids is 2. The predicted molar refractivity (Wildman–Crippen MR) is 124 cm³/mol. The van der Waals surface area contributed by atoms with Gasteiger partial charge >= 0.3 is 5.97 Å². The molecule has 1 aliphatic heterocycles. The average molecular weight is 450 g/mol. The summed E-state index contributed by atoms with van der Waals surface area (Å²) in [5, 5.41) is 13.1. The minimum Gasteiger partial charge on any atom is -0.466 e. The molecule has 2 heterocycles. The van der Waals surface area contributed by atoms with Crippen LogP contribution in [0.15, 0.2) is 24.3 Å². The van der Waals surface area contributed by atoms with Crippen LogP contribution in [0.1, 0.15) is 63.5 Å². The fraction of sp³-hybridized carbons (Fsp3) is 0.560. The Labute approximate surface area is 194 Å². The zero-order valence-electron chi connectivity index (χ0n) is 19.1. The Morgan fingerprint density at radius 3 is 2.58 bits per heavy atom. The summed E-state index contributed by atoms with van der Waals surface area (Å²) in [5.74, 6) is -1.37. The molecule has 0 unspecified atom stereocenters. The Morgan fingerprint density at radius 2 is 1.88 bits per heavy atom. The molecular formula is C25H31N5O3. The predicted octanol–water partition coefficient (Wildman–Crippen LogP) is 3.47. The quantitative estimate of drug-likeness (QED) is 0.673. The van der Waals surface area contributed by atoms with Crippen molar-refractivity contribution in [2.24, 2.45) is 5.92 Å². The van der Waals surface area contributed by atoms with Gasteiger partial charge in [0.05, 0.1) is 29.6 Å². The molecular weight excluding hydrogens is 418 g/mol. The van der Waals surface area contributed by atoms with E-state index >= 15 is 0 Å². The molecule has 1 amide bonds. The number of piperidine rings is 1. The first-order valence-electron chi connectivity index (χ1n) is 12.0. The van der Waals surface area contributed by atoms with E-state index in [9.17, 15) is 14.9 Å². The standard InChI is InChI=1S/C25H31N5O3/c1-2-33-25(32)17-9-8-14-30(16-17)23-22(28-20-12-6-7-13-21(20)29-23)19(15-26)24(31)27-18-10-4-3-5-11-18/h6-7,12-13,17-19H,2-5,8-11,14,16H2,1H3,(H,27,31)/t17-,19-/m0/s1. The number of rotatable bonds is 6. The van der Waals surface area contributed by atoms with Crippen LogP contribution in [-0.4, -0.2) is 47.6 Å². The monoisotopic (exact) mass is 449 g/mol. The summed E-state index contributed by atoms with van der Waals surface area (Å²) < 4.78 is 5.24. The van der Waals surface area contributed by atoms with Gasteiger partial charge in [-0.15, -0.1) is 0 Å². The molecule has 1 saturated carbocycles. The smallest absolute Gasteiger partial charge is 0.310 e. The molecule has 4 rings (SSSR count). The maximum atomic E-state index is 13.2. The molecule has 174 valence electrons. The lowest BCUT2D eigenvalue weighted by Crippen LogP contribution is -2.42. The third-order valence-electron chi connectivity index (χ3n) is 6.54. The van der Waals surface area contributed by atoms with Crippen molar-refractivity contribution in [1.29, 1.82) is 5.26 Å². The fourth-order valence-corrected chi connectivity index (χ4v) is 4.83. The first-order valence-corrected chi connectivity index (χ1v) is 12.0. The SMILES string of the molecule is CCOC(=O)[C@H]1CCCN(c2nc3ccccc3nc2[C@H](C#N)C(=O)NC2CCCCC2)C1. The summed E-state index contributed by atoms with van der Waals surface area (Å²) >= 11 is 0. The fourth-order valence-electron chi connectivity index (χ4n) is 4.83. The summed E-state index contributed by atoms with van der Waals surface area (Å²) in [6.45, 7) is 3.25. The van der Waals surface area contributed by atoms with Gasteiger partial charge in [-0.1, -0.05) is 31.4 Å². The van der Waals surface area contributed by atoms with Gasteiger partial charge in [-0.3, -0.25) is 9.59 Å². The number of nitrogens with zero attached hydrogens (tertiary/aromatic N) is 4. The molecule has 2 aromatic rings. The minimum absolute atomic E-state index is 0.0992. The van der Waals surface area contributed by atoms with Gasteiger partial charge < -0.3 is 15.0 Å². The Balaban J connectivity index is 1.67. The number of ether oxygens (including phenoxy) is 1. The number of hydrogen-bond donors (Lipinski definition) is 1. The molecule has 2 atom stereocenters. The van der Waals surface area contributed by atoms with Gasteiger partial charge in [0.1, 0.15) is 5.69 Å². The van der Waals surface area contributed by atoms with Gasteiger partial charge in [-0.05, 0) is 44.7 Å². The topological polar surface area (TPSA) is 108 Å². The lowest BCUT2D eigenvalue weighted by Gasteiger charge is -2.34. The molecule has 1 N–H and O–H groups in total. The third-order valence-corrected chi connectivity index (χ3v) is 6.54. The van der Waals surface area contributed by atoms with Crippen LogP contribution in [0.4, 0.5) is 5.82 Å². The normalized spacial score (nSPS) is 20.1. The molecule has 1 aliphatic carbocycles. The van der Waals surface area contributed by atoms with Crippen LogP contribution < -0.4 is 10.2 Å². The van der Waals surface area contributed by atoms with Crippen molar-refractivity contribution in [3.63, 3.8) is 0 Å². The minimum atomic E-state index is -1.07. The lowest BCUT2D eigenvalue weighted by atomic mass is 9.94. The summed E-state index contributed by atoms with van der Waals surface area (Å²) in [7, 11) is 0. The molecule has 8 nitrogen and oxygen atoms in total. The number of nitrogens with one attached hydrogen (secondary N) is 1. The van der Waals surface area contributed by atoms with Crippen LogP contribution >= 0.6 is 0 Å². The molecule has 0 spiro atoms. The van der Waals surface area contributed by atoms with E-state index in [2.05, 4.69) is 11.4 Å². The number of hydrogen-bond acceptors (Lipinski definition) is 7. The molecule has 2 aliphatic rings. The molecule has 1 saturated heterocycles. The highest BCUT2D eigenvalue weighted by molar-refractivity contribution is 5.89. The highest BCUT2D eigenvalue weighted by Crippen LogP contribution is 2.31. The largest absolute Gasteiger partial charge is 0.466 e. The molecule has 1 aromatic carbocycles. The van der Waals surface area contributed by atoms with Crippen LogP contribution in [0, 0.1) is 17.2 Å². The van der Waals surface area contributed by atoms with E-state index < -0.39 is 5.92 Å². The highest BCUT2D eigenvalue weighted by atomic mass is 16.5. The van der Waals surface area contributed by atoms with E-state index in [-0.39, 0.29) is 23.8 Å². The van der Waals surface area contributed by atoms with Crippen molar-refractivity contribution >= 4 is 28.7 Å². The number of anilines is 1. The average Bonchev–Trinajstić information content (AvgIpc) is 2.85. The van der Waals surface area contributed by atoms with E-state index in [1.807, 2.05) is 29.2 Å². The van der Waals surface area contributed by atoms with Crippen LogP contribution in [-0.2, 0) is 14.3 Å². The van der Waals surface area contributed by atoms with Crippen molar-refractivity contribution in [2.75, 3.05) is 24.6 Å². The Kier molecular flexibility index (Phi) is 7.38. The summed E-state index contributed by atoms with van der Waals surface area (Å²) in [4.78, 5) is 37.1. The second kappa shape index (κ2) is 10.6. The molecule has 2 fully saturated rings. The zero-order chi connectivity index (χ0) is 23.2. The first kappa shape index (κ1) is 23.0. The van der Waals surface area contributed by atoms with Gasteiger partial charge in [0.15, 0.2) is 11.7 Å². The van der Waals surface area contributed by atoms with Gasteiger partial charge in [0.2, 0.25) is 5.91 Å². The van der Waals surface area contributed by atoms with Gasteiger partial charge in [0.25, 0.3) is 0 Å². The van der Waals surface area contributed by atoms with E-state index in [4.69, 9.17) is 14.7 Å². The van der Waals surface area contributed by atoms with Crippen molar-refractivity contribution < 1.29 is 14.3 Å². The van der Waals surface area contributed by atoms with E-state index in [1.54, 1.807) is 6.92 Å². The van der Waals surface area contributed by atoms with E-state index in [0.29, 0.717) is 42.2 Å². The number of amides is 1. The Morgan fingerprint density at radius 1 is 1.15 bits per heavy atom. The number of fused-ring (bicyclic) bond motifs is 1. The highest BCUT2D eigenvalue weighted by Gasteiger charge is 2.34. The van der Waals surface area contributed by atoms with Crippen LogP contribution in [0.5, 0.6) is 0 Å². The number of nitriles is 1. The molecule has 1 aromatic heterocycles. The molecule has 0 bridgehead atoms. The number of benzene rings is 1. The van der Waals surface area contributed by atoms with Gasteiger partial charge in [0, 0.05) is 19.1 Å². The van der Waals surface area contributed by atoms with Crippen LogP contribution in [0.2, 0.25) is 0 Å². The Hall–Kier alpha value is -3.21. The maximum Gasteiger partial charge on any atom is 0.310 e. The molecule has 33 heavy (non-hydrogen) atoms. The van der Waals surface area contributed by atoms with E-state index in [1.165, 1.54) is 6.42 Å². The molecule has 8 heteroatoms. The summed E-state index contributed by atoms with van der Waals surface area (Å²) in [6, 6.07) is 9.72. The number of esters is 1. The number of carbonyl (C=O) groups is 2. The second-order valence-corrected chi connectivity index (χ2v) is 8.86. The second-order valence-electron chi connectivity index (χ2n) is 8.86. The maximum absolute atomic E-state index is 13.2. The summed E-state index contributed by atoms with van der Waals surface area (Å²) in [5.41, 5.74) is 1.69. The molecule has 0 radical (unpaired) electrons. The van der Waals surface area contributed by atoms with Gasteiger partial charge in [-0.2, -0.15) is 5.26 Å². The third kappa shape index (κ3) is 5.24. The van der Waals surface area contributed by atoms with Crippen molar-refractivity contribution in [3.8, 4) is 6.07 Å². The number of aromatic nitrogens is 2.